The van der Waals surface area contributed by atoms with Crippen molar-refractivity contribution in [1.82, 2.24) is 9.88 Å². The Morgan fingerprint density at radius 1 is 1.57 bits per heavy atom. The van der Waals surface area contributed by atoms with Crippen LogP contribution in [0.4, 0.5) is 0 Å². The molecule has 0 radical (unpaired) electrons. The highest BCUT2D eigenvalue weighted by molar-refractivity contribution is 5.94. The van der Waals surface area contributed by atoms with Gasteiger partial charge in [-0.1, -0.05) is 0 Å². The summed E-state index contributed by atoms with van der Waals surface area (Å²) in [6.45, 7) is 1.69. The summed E-state index contributed by atoms with van der Waals surface area (Å²) >= 11 is 0. The molecule has 76 valence electrons. The lowest BCUT2D eigenvalue weighted by Gasteiger charge is -2.11. The monoisotopic (exact) mass is 196 g/mol. The molecule has 0 aliphatic carbocycles. The van der Waals surface area contributed by atoms with Gasteiger partial charge in [0.05, 0.1) is 0 Å². The van der Waals surface area contributed by atoms with Gasteiger partial charge in [0.2, 0.25) is 5.43 Å². The summed E-state index contributed by atoms with van der Waals surface area (Å²) in [6, 6.07) is 1.28. The summed E-state index contributed by atoms with van der Waals surface area (Å²) in [5.41, 5.74) is 0.0584. The number of aromatic hydroxyl groups is 1. The number of pyridine rings is 1. The second-order valence-corrected chi connectivity index (χ2v) is 2.99. The number of hydrogen-bond acceptors (Lipinski definition) is 3. The summed E-state index contributed by atoms with van der Waals surface area (Å²) < 4.78 is 1.47. The molecule has 14 heavy (non-hydrogen) atoms. The van der Waals surface area contributed by atoms with Gasteiger partial charge in [0.25, 0.3) is 5.91 Å². The number of nitrogens with one attached hydrogen (secondary N) is 1. The summed E-state index contributed by atoms with van der Waals surface area (Å²) in [4.78, 5) is 22.5. The fraction of sp³-hybridized carbons (Fsp3) is 0.333. The quantitative estimate of drug-likeness (QED) is 0.651. The first-order valence-electron chi connectivity index (χ1n) is 4.10. The average Bonchev–Trinajstić information content (AvgIpc) is 2.15. The van der Waals surface area contributed by atoms with Crippen LogP contribution in [-0.2, 0) is 7.05 Å². The molecular formula is C9H12N2O3. The third kappa shape index (κ3) is 1.48. The van der Waals surface area contributed by atoms with Crippen LogP contribution in [0.2, 0.25) is 0 Å². The first kappa shape index (κ1) is 10.3. The zero-order chi connectivity index (χ0) is 10.9. The van der Waals surface area contributed by atoms with Crippen LogP contribution in [-0.4, -0.2) is 22.6 Å². The van der Waals surface area contributed by atoms with Gasteiger partial charge in [0, 0.05) is 25.9 Å². The van der Waals surface area contributed by atoms with E-state index in [0.29, 0.717) is 5.69 Å². The molecule has 0 aliphatic rings. The molecule has 1 aromatic rings. The van der Waals surface area contributed by atoms with Crippen LogP contribution in [0.3, 0.4) is 0 Å². The Morgan fingerprint density at radius 3 is 2.64 bits per heavy atom. The fourth-order valence-electron chi connectivity index (χ4n) is 1.19. The highest BCUT2D eigenvalue weighted by atomic mass is 16.3. The van der Waals surface area contributed by atoms with Crippen molar-refractivity contribution in [3.05, 3.63) is 27.7 Å². The molecule has 1 rings (SSSR count). The van der Waals surface area contributed by atoms with Crippen molar-refractivity contribution in [1.29, 1.82) is 0 Å². The molecule has 1 aromatic heterocycles. The summed E-state index contributed by atoms with van der Waals surface area (Å²) in [5.74, 6) is -0.997. The van der Waals surface area contributed by atoms with Gasteiger partial charge >= 0.3 is 0 Å². The first-order valence-corrected chi connectivity index (χ1v) is 4.10. The maximum Gasteiger partial charge on any atom is 0.271 e. The molecule has 5 nitrogen and oxygen atoms in total. The van der Waals surface area contributed by atoms with Crippen molar-refractivity contribution < 1.29 is 9.90 Å². The van der Waals surface area contributed by atoms with E-state index in [-0.39, 0.29) is 5.69 Å². The number of nitrogens with zero attached hydrogens (tertiary/aromatic N) is 1. The van der Waals surface area contributed by atoms with E-state index in [1.807, 2.05) is 0 Å². The Morgan fingerprint density at radius 2 is 2.14 bits per heavy atom. The van der Waals surface area contributed by atoms with Gasteiger partial charge in [-0.05, 0) is 6.92 Å². The van der Waals surface area contributed by atoms with Crippen LogP contribution >= 0.6 is 0 Å². The Labute approximate surface area is 81.0 Å². The SMILES string of the molecule is CNC(=O)c1c(O)c(=O)cc(C)n1C. The Bertz CT molecular complexity index is 434. The van der Waals surface area contributed by atoms with Crippen LogP contribution in [0, 0.1) is 6.92 Å². The molecule has 0 saturated heterocycles. The minimum absolute atomic E-state index is 0.0162. The molecule has 0 spiro atoms. The molecule has 1 heterocycles. The average molecular weight is 196 g/mol. The van der Waals surface area contributed by atoms with Gasteiger partial charge in [-0.15, -0.1) is 0 Å². The zero-order valence-corrected chi connectivity index (χ0v) is 8.29. The van der Waals surface area contributed by atoms with Gasteiger partial charge < -0.3 is 15.0 Å². The van der Waals surface area contributed by atoms with E-state index in [1.54, 1.807) is 14.0 Å². The largest absolute Gasteiger partial charge is 0.503 e. The van der Waals surface area contributed by atoms with E-state index >= 15 is 0 Å². The van der Waals surface area contributed by atoms with Crippen LogP contribution < -0.4 is 10.7 Å². The molecule has 0 unspecified atom stereocenters. The molecule has 0 atom stereocenters. The Kier molecular flexibility index (Phi) is 2.60. The fourth-order valence-corrected chi connectivity index (χ4v) is 1.19. The second-order valence-electron chi connectivity index (χ2n) is 2.99. The standard InChI is InChI=1S/C9H12N2O3/c1-5-4-6(12)8(13)7(11(5)3)9(14)10-2/h4,13H,1-3H3,(H,10,14). The van der Waals surface area contributed by atoms with E-state index in [1.165, 1.54) is 17.7 Å². The third-order valence-electron chi connectivity index (χ3n) is 2.10. The van der Waals surface area contributed by atoms with Gasteiger partial charge in [0.1, 0.15) is 0 Å². The lowest BCUT2D eigenvalue weighted by Crippen LogP contribution is -2.25. The van der Waals surface area contributed by atoms with Crippen LogP contribution in [0.5, 0.6) is 5.75 Å². The maximum absolute atomic E-state index is 11.3. The summed E-state index contributed by atoms with van der Waals surface area (Å²) in [6.07, 6.45) is 0. The van der Waals surface area contributed by atoms with Crippen molar-refractivity contribution in [2.24, 2.45) is 7.05 Å². The molecule has 0 saturated carbocycles. The molecule has 5 heteroatoms. The van der Waals surface area contributed by atoms with Gasteiger partial charge in [-0.2, -0.15) is 0 Å². The molecule has 2 N–H and O–H groups in total. The van der Waals surface area contributed by atoms with Gasteiger partial charge in [0.15, 0.2) is 11.4 Å². The topological polar surface area (TPSA) is 71.3 Å². The van der Waals surface area contributed by atoms with Crippen molar-refractivity contribution in [3.8, 4) is 5.75 Å². The van der Waals surface area contributed by atoms with Crippen molar-refractivity contribution >= 4 is 5.91 Å². The number of rotatable bonds is 1. The Hall–Kier alpha value is -1.78. The normalized spacial score (nSPS) is 9.93. The lowest BCUT2D eigenvalue weighted by atomic mass is 10.2. The van der Waals surface area contributed by atoms with Gasteiger partial charge in [-0.25, -0.2) is 0 Å². The third-order valence-corrected chi connectivity index (χ3v) is 2.10. The summed E-state index contributed by atoms with van der Waals surface area (Å²) in [5, 5.41) is 11.8. The lowest BCUT2D eigenvalue weighted by molar-refractivity contribution is 0.0950. The molecular weight excluding hydrogens is 184 g/mol. The number of aryl methyl sites for hydroxylation is 1. The number of hydrogen-bond donors (Lipinski definition) is 2. The van der Waals surface area contributed by atoms with Crippen LogP contribution in [0.15, 0.2) is 10.9 Å². The number of aromatic nitrogens is 1. The first-order chi connectivity index (χ1) is 6.49. The smallest absolute Gasteiger partial charge is 0.271 e. The predicted octanol–water partition coefficient (Wildman–Crippen LogP) is -0.241. The number of carbonyl (C=O) groups excluding carboxylic acids is 1. The van der Waals surface area contributed by atoms with E-state index in [0.717, 1.165) is 0 Å². The summed E-state index contributed by atoms with van der Waals surface area (Å²) in [7, 11) is 3.05. The highest BCUT2D eigenvalue weighted by Gasteiger charge is 2.16. The number of amides is 1. The maximum atomic E-state index is 11.3. The Balaban J connectivity index is 3.55. The van der Waals surface area contributed by atoms with E-state index in [2.05, 4.69) is 5.32 Å². The van der Waals surface area contributed by atoms with Crippen molar-refractivity contribution in [2.45, 2.75) is 6.92 Å². The highest BCUT2D eigenvalue weighted by Crippen LogP contribution is 2.11. The van der Waals surface area contributed by atoms with E-state index in [9.17, 15) is 14.7 Å². The second kappa shape index (κ2) is 3.53. The van der Waals surface area contributed by atoms with E-state index in [4.69, 9.17) is 0 Å². The van der Waals surface area contributed by atoms with E-state index < -0.39 is 17.1 Å². The molecule has 0 aliphatic heterocycles. The predicted molar refractivity (Wildman–Crippen MR) is 51.5 cm³/mol. The molecule has 1 amide bonds. The molecule has 0 bridgehead atoms. The number of carbonyl (C=O) groups is 1. The van der Waals surface area contributed by atoms with Crippen LogP contribution in [0.1, 0.15) is 16.2 Å². The van der Waals surface area contributed by atoms with Crippen molar-refractivity contribution in [3.63, 3.8) is 0 Å². The zero-order valence-electron chi connectivity index (χ0n) is 8.29. The van der Waals surface area contributed by atoms with Crippen LogP contribution in [0.25, 0.3) is 0 Å². The molecule has 0 fully saturated rings. The van der Waals surface area contributed by atoms with Crippen molar-refractivity contribution in [2.75, 3.05) is 7.05 Å². The minimum atomic E-state index is -0.542. The minimum Gasteiger partial charge on any atom is -0.503 e. The van der Waals surface area contributed by atoms with Gasteiger partial charge in [-0.3, -0.25) is 9.59 Å². The molecule has 0 aromatic carbocycles.